The normalized spacial score (nSPS) is 11.1. The molecule has 0 spiro atoms. The Labute approximate surface area is 145 Å². The van der Waals surface area contributed by atoms with Gasteiger partial charge in [0.2, 0.25) is 0 Å². The van der Waals surface area contributed by atoms with E-state index >= 15 is 0 Å². The van der Waals surface area contributed by atoms with E-state index in [4.69, 9.17) is 16.6 Å². The van der Waals surface area contributed by atoms with Crippen molar-refractivity contribution in [2.75, 3.05) is 0 Å². The van der Waals surface area contributed by atoms with Crippen LogP contribution in [0.5, 0.6) is 0 Å². The molecular weight excluding hydrogens is 326 g/mol. The zero-order valence-corrected chi connectivity index (χ0v) is 14.2. The molecule has 1 aromatic heterocycles. The van der Waals surface area contributed by atoms with Gasteiger partial charge in [-0.3, -0.25) is 10.1 Å². The molecule has 124 valence electrons. The Morgan fingerprint density at radius 3 is 2.79 bits per heavy atom. The smallest absolute Gasteiger partial charge is 0.288 e. The van der Waals surface area contributed by atoms with Gasteiger partial charge in [-0.15, -0.1) is 0 Å². The lowest BCUT2D eigenvalue weighted by atomic mass is 10.2. The zero-order valence-electron chi connectivity index (χ0n) is 13.4. The average molecular weight is 344 g/mol. The molecule has 1 heterocycles. The average Bonchev–Trinajstić information content (AvgIpc) is 2.92. The first-order valence-corrected chi connectivity index (χ1v) is 8.35. The summed E-state index contributed by atoms with van der Waals surface area (Å²) in [5.41, 5.74) is 2.77. The number of aryl methyl sites for hydroxylation is 1. The summed E-state index contributed by atoms with van der Waals surface area (Å²) in [4.78, 5) is 15.4. The number of para-hydroxylation sites is 2. The molecule has 0 saturated carbocycles. The minimum absolute atomic E-state index is 0.0614. The van der Waals surface area contributed by atoms with E-state index in [2.05, 4.69) is 11.5 Å². The van der Waals surface area contributed by atoms with Gasteiger partial charge in [-0.1, -0.05) is 43.1 Å². The number of nitro benzene ring substituents is 1. The molecule has 24 heavy (non-hydrogen) atoms. The molecule has 0 atom stereocenters. The molecule has 3 aromatic rings. The Morgan fingerprint density at radius 1 is 1.25 bits per heavy atom. The van der Waals surface area contributed by atoms with Crippen molar-refractivity contribution in [3.05, 3.63) is 69.0 Å². The second-order valence-corrected chi connectivity index (χ2v) is 6.16. The number of hydrogen-bond acceptors (Lipinski definition) is 3. The van der Waals surface area contributed by atoms with Gasteiger partial charge >= 0.3 is 0 Å². The number of fused-ring (bicyclic) bond motifs is 1. The van der Waals surface area contributed by atoms with E-state index in [0.717, 1.165) is 41.7 Å². The Bertz CT molecular complexity index is 889. The molecule has 0 saturated heterocycles. The van der Waals surface area contributed by atoms with Gasteiger partial charge in [-0.25, -0.2) is 4.98 Å². The Morgan fingerprint density at radius 2 is 2.04 bits per heavy atom. The molecular formula is C18H18ClN3O2. The van der Waals surface area contributed by atoms with Gasteiger partial charge in [-0.05, 0) is 30.2 Å². The van der Waals surface area contributed by atoms with Gasteiger partial charge in [0.25, 0.3) is 5.69 Å². The van der Waals surface area contributed by atoms with Crippen LogP contribution in [0.3, 0.4) is 0 Å². The fraction of sp³-hybridized carbons (Fsp3) is 0.278. The third-order valence-electron chi connectivity index (χ3n) is 4.04. The van der Waals surface area contributed by atoms with Crippen LogP contribution in [0.4, 0.5) is 5.69 Å². The highest BCUT2D eigenvalue weighted by Crippen LogP contribution is 2.26. The van der Waals surface area contributed by atoms with Crippen LogP contribution in [0.1, 0.15) is 31.2 Å². The number of halogens is 1. The quantitative estimate of drug-likeness (QED) is 0.468. The molecule has 5 nitrogen and oxygen atoms in total. The minimum Gasteiger partial charge on any atom is -0.323 e. The van der Waals surface area contributed by atoms with E-state index < -0.39 is 4.92 Å². The van der Waals surface area contributed by atoms with Crippen molar-refractivity contribution in [3.63, 3.8) is 0 Å². The molecule has 0 fully saturated rings. The van der Waals surface area contributed by atoms with Crippen molar-refractivity contribution < 1.29 is 4.92 Å². The van der Waals surface area contributed by atoms with Crippen LogP contribution in [-0.4, -0.2) is 14.5 Å². The molecule has 0 aliphatic carbocycles. The van der Waals surface area contributed by atoms with Gasteiger partial charge in [-0.2, -0.15) is 0 Å². The predicted molar refractivity (Wildman–Crippen MR) is 95.6 cm³/mol. The van der Waals surface area contributed by atoms with E-state index in [1.54, 1.807) is 12.1 Å². The van der Waals surface area contributed by atoms with E-state index in [-0.39, 0.29) is 10.7 Å². The molecule has 0 amide bonds. The van der Waals surface area contributed by atoms with E-state index in [0.29, 0.717) is 6.54 Å². The highest BCUT2D eigenvalue weighted by Gasteiger charge is 2.15. The first-order chi connectivity index (χ1) is 11.6. The summed E-state index contributed by atoms with van der Waals surface area (Å²) in [6.07, 6.45) is 3.04. The first kappa shape index (κ1) is 16.5. The second-order valence-electron chi connectivity index (χ2n) is 5.75. The number of hydrogen-bond donors (Lipinski definition) is 0. The topological polar surface area (TPSA) is 61.0 Å². The maximum atomic E-state index is 11.1. The van der Waals surface area contributed by atoms with Crippen LogP contribution in [0.25, 0.3) is 11.0 Å². The van der Waals surface area contributed by atoms with Crippen LogP contribution < -0.4 is 0 Å². The highest BCUT2D eigenvalue weighted by atomic mass is 35.5. The predicted octanol–water partition coefficient (Wildman–Crippen LogP) is 4.99. The number of nitrogens with zero attached hydrogens (tertiary/aromatic N) is 3. The fourth-order valence-corrected chi connectivity index (χ4v) is 2.99. The van der Waals surface area contributed by atoms with Crippen LogP contribution in [0.15, 0.2) is 42.5 Å². The standard InChI is InChI=1S/C18H18ClN3O2/c1-2-3-8-18-20-15-6-4-5-7-16(15)21(18)12-13-9-10-14(19)17(11-13)22(23)24/h4-7,9-11H,2-3,8,12H2,1H3. The fourth-order valence-electron chi connectivity index (χ4n) is 2.81. The van der Waals surface area contributed by atoms with Crippen LogP contribution in [0.2, 0.25) is 5.02 Å². The van der Waals surface area contributed by atoms with Gasteiger partial charge < -0.3 is 4.57 Å². The summed E-state index contributed by atoms with van der Waals surface area (Å²) in [6.45, 7) is 2.69. The maximum absolute atomic E-state index is 11.1. The molecule has 6 heteroatoms. The van der Waals surface area contributed by atoms with Gasteiger partial charge in [0, 0.05) is 19.0 Å². The van der Waals surface area contributed by atoms with Crippen molar-refractivity contribution in [1.29, 1.82) is 0 Å². The third-order valence-corrected chi connectivity index (χ3v) is 4.36. The summed E-state index contributed by atoms with van der Waals surface area (Å²) in [5.74, 6) is 1.01. The van der Waals surface area contributed by atoms with Gasteiger partial charge in [0.05, 0.1) is 16.0 Å². The summed E-state index contributed by atoms with van der Waals surface area (Å²) < 4.78 is 2.14. The summed E-state index contributed by atoms with van der Waals surface area (Å²) in [5, 5.41) is 11.3. The van der Waals surface area contributed by atoms with E-state index in [9.17, 15) is 10.1 Å². The third kappa shape index (κ3) is 3.26. The van der Waals surface area contributed by atoms with Gasteiger partial charge in [0.1, 0.15) is 10.8 Å². The van der Waals surface area contributed by atoms with Crippen molar-refractivity contribution in [1.82, 2.24) is 9.55 Å². The Hall–Kier alpha value is -2.40. The lowest BCUT2D eigenvalue weighted by Crippen LogP contribution is -2.06. The largest absolute Gasteiger partial charge is 0.323 e. The SMILES string of the molecule is CCCCc1nc2ccccc2n1Cc1ccc(Cl)c([N+](=O)[O-])c1. The van der Waals surface area contributed by atoms with Crippen molar-refractivity contribution >= 4 is 28.3 Å². The molecule has 0 bridgehead atoms. The first-order valence-electron chi connectivity index (χ1n) is 7.97. The number of rotatable bonds is 6. The molecule has 0 radical (unpaired) electrons. The molecule has 2 aromatic carbocycles. The van der Waals surface area contributed by atoms with Crippen molar-refractivity contribution in [3.8, 4) is 0 Å². The second kappa shape index (κ2) is 7.01. The molecule has 0 unspecified atom stereocenters. The number of aromatic nitrogens is 2. The molecule has 0 N–H and O–H groups in total. The van der Waals surface area contributed by atoms with Crippen molar-refractivity contribution in [2.24, 2.45) is 0 Å². The number of imidazole rings is 1. The van der Waals surface area contributed by atoms with Crippen molar-refractivity contribution in [2.45, 2.75) is 32.7 Å². The highest BCUT2D eigenvalue weighted by molar-refractivity contribution is 6.32. The number of nitro groups is 1. The zero-order chi connectivity index (χ0) is 17.1. The minimum atomic E-state index is -0.449. The number of benzene rings is 2. The Balaban J connectivity index is 2.02. The van der Waals surface area contributed by atoms with Gasteiger partial charge in [0.15, 0.2) is 0 Å². The lowest BCUT2D eigenvalue weighted by Gasteiger charge is -2.09. The molecule has 3 rings (SSSR count). The monoisotopic (exact) mass is 343 g/mol. The summed E-state index contributed by atoms with van der Waals surface area (Å²) in [7, 11) is 0. The summed E-state index contributed by atoms with van der Waals surface area (Å²) in [6, 6.07) is 12.9. The maximum Gasteiger partial charge on any atom is 0.288 e. The lowest BCUT2D eigenvalue weighted by molar-refractivity contribution is -0.384. The molecule has 0 aliphatic rings. The van der Waals surface area contributed by atoms with E-state index in [1.165, 1.54) is 0 Å². The Kier molecular flexibility index (Phi) is 4.81. The van der Waals surface area contributed by atoms with E-state index in [1.807, 2.05) is 30.3 Å². The summed E-state index contributed by atoms with van der Waals surface area (Å²) >= 11 is 5.91. The molecule has 0 aliphatic heterocycles. The van der Waals surface area contributed by atoms with Crippen LogP contribution in [0, 0.1) is 10.1 Å². The number of unbranched alkanes of at least 4 members (excludes halogenated alkanes) is 1. The van der Waals surface area contributed by atoms with Crippen LogP contribution >= 0.6 is 11.6 Å². The van der Waals surface area contributed by atoms with Crippen LogP contribution in [-0.2, 0) is 13.0 Å².